The van der Waals surface area contributed by atoms with E-state index < -0.39 is 5.41 Å². The molecule has 0 aliphatic heterocycles. The molecule has 5 nitrogen and oxygen atoms in total. The van der Waals surface area contributed by atoms with E-state index >= 15 is 0 Å². The number of carbonyl (C=O) groups is 1. The Morgan fingerprint density at radius 3 is 2.88 bits per heavy atom. The molecule has 88 valence electrons. The summed E-state index contributed by atoms with van der Waals surface area (Å²) in [5.74, 6) is 5.53. The number of nitrogens with one attached hydrogen (secondary N) is 1. The first kappa shape index (κ1) is 12.8. The minimum Gasteiger partial charge on any atom is -0.397 e. The zero-order valence-electron chi connectivity index (χ0n) is 9.36. The molecule has 1 heterocycles. The number of aromatic nitrogens is 1. The van der Waals surface area contributed by atoms with Crippen molar-refractivity contribution in [3.05, 3.63) is 18.5 Å². The molecule has 0 spiro atoms. The number of carbonyl (C=O) groups excluding carboxylic acids is 1. The number of amides is 1. The van der Waals surface area contributed by atoms with Crippen molar-refractivity contribution in [2.24, 2.45) is 11.3 Å². The predicted octanol–water partition coefficient (Wildman–Crippen LogP) is 0.772. The number of nitrogens with zero attached hydrogens (tertiary/aromatic N) is 1. The van der Waals surface area contributed by atoms with Crippen molar-refractivity contribution >= 4 is 23.4 Å². The van der Waals surface area contributed by atoms with Crippen molar-refractivity contribution in [1.29, 1.82) is 0 Å². The maximum atomic E-state index is 11.4. The van der Waals surface area contributed by atoms with Crippen molar-refractivity contribution in [2.75, 3.05) is 11.5 Å². The van der Waals surface area contributed by atoms with Gasteiger partial charge in [-0.15, -0.1) is 11.8 Å². The highest BCUT2D eigenvalue weighted by Crippen LogP contribution is 2.30. The van der Waals surface area contributed by atoms with Gasteiger partial charge >= 0.3 is 0 Å². The Morgan fingerprint density at radius 1 is 1.62 bits per heavy atom. The molecular formula is C10H16N4OS. The van der Waals surface area contributed by atoms with Crippen LogP contribution >= 0.6 is 11.8 Å². The van der Waals surface area contributed by atoms with Gasteiger partial charge < -0.3 is 5.73 Å². The lowest BCUT2D eigenvalue weighted by atomic mass is 9.96. The molecule has 0 aromatic carbocycles. The molecule has 0 atom stereocenters. The summed E-state index contributed by atoms with van der Waals surface area (Å²) in [4.78, 5) is 16.3. The fraction of sp³-hybridized carbons (Fsp3) is 0.400. The molecule has 0 radical (unpaired) electrons. The maximum Gasteiger partial charge on any atom is 0.240 e. The fourth-order valence-corrected chi connectivity index (χ4v) is 2.07. The maximum absolute atomic E-state index is 11.4. The van der Waals surface area contributed by atoms with Crippen LogP contribution in [-0.2, 0) is 4.79 Å². The van der Waals surface area contributed by atoms with Crippen LogP contribution in [0.2, 0.25) is 0 Å². The number of pyridine rings is 1. The number of hydrazine groups is 1. The standard InChI is InChI=1S/C10H16N4OS/c1-10(2,9(15)14-12)6-16-8-3-4-13-5-7(8)11/h3-5H,6,11-12H2,1-2H3,(H,14,15). The molecule has 16 heavy (non-hydrogen) atoms. The first-order valence-corrected chi connectivity index (χ1v) is 5.79. The minimum absolute atomic E-state index is 0.187. The molecule has 1 amide bonds. The number of hydrogen-bond acceptors (Lipinski definition) is 5. The lowest BCUT2D eigenvalue weighted by molar-refractivity contribution is -0.128. The molecule has 0 aliphatic rings. The SMILES string of the molecule is CC(C)(CSc1ccncc1N)C(=O)NN. The number of nitrogens with two attached hydrogens (primary N) is 2. The van der Waals surface area contributed by atoms with Crippen LogP contribution in [0.3, 0.4) is 0 Å². The monoisotopic (exact) mass is 240 g/mol. The molecule has 0 unspecified atom stereocenters. The van der Waals surface area contributed by atoms with Gasteiger partial charge in [0.1, 0.15) is 0 Å². The second kappa shape index (κ2) is 5.18. The second-order valence-corrected chi connectivity index (χ2v) is 5.08. The Bertz CT molecular complexity index is 381. The Balaban J connectivity index is 2.65. The van der Waals surface area contributed by atoms with Gasteiger partial charge in [-0.1, -0.05) is 13.8 Å². The fourth-order valence-electron chi connectivity index (χ4n) is 1.04. The zero-order chi connectivity index (χ0) is 12.2. The molecule has 1 aromatic heterocycles. The Labute approximate surface area is 99.0 Å². The molecule has 0 fully saturated rings. The van der Waals surface area contributed by atoms with Gasteiger partial charge in [-0.05, 0) is 6.07 Å². The summed E-state index contributed by atoms with van der Waals surface area (Å²) >= 11 is 1.52. The Hall–Kier alpha value is -1.27. The van der Waals surface area contributed by atoms with Crippen LogP contribution in [0.25, 0.3) is 0 Å². The highest BCUT2D eigenvalue weighted by Gasteiger charge is 2.27. The molecule has 0 bridgehead atoms. The smallest absolute Gasteiger partial charge is 0.240 e. The van der Waals surface area contributed by atoms with Gasteiger partial charge in [-0.2, -0.15) is 0 Å². The van der Waals surface area contributed by atoms with E-state index in [0.29, 0.717) is 11.4 Å². The first-order valence-electron chi connectivity index (χ1n) is 4.80. The summed E-state index contributed by atoms with van der Waals surface area (Å²) in [6, 6.07) is 1.83. The summed E-state index contributed by atoms with van der Waals surface area (Å²) in [5, 5.41) is 0. The normalized spacial score (nSPS) is 11.2. The summed E-state index contributed by atoms with van der Waals surface area (Å²) in [6.07, 6.45) is 3.27. The number of nitrogen functional groups attached to an aromatic ring is 1. The van der Waals surface area contributed by atoms with E-state index in [1.165, 1.54) is 11.8 Å². The number of rotatable bonds is 4. The van der Waals surface area contributed by atoms with E-state index in [0.717, 1.165) is 4.90 Å². The van der Waals surface area contributed by atoms with Crippen molar-refractivity contribution in [3.8, 4) is 0 Å². The highest BCUT2D eigenvalue weighted by molar-refractivity contribution is 7.99. The lowest BCUT2D eigenvalue weighted by Gasteiger charge is -2.21. The van der Waals surface area contributed by atoms with Gasteiger partial charge in [0, 0.05) is 16.8 Å². The van der Waals surface area contributed by atoms with Crippen LogP contribution in [0, 0.1) is 5.41 Å². The van der Waals surface area contributed by atoms with Crippen molar-refractivity contribution in [2.45, 2.75) is 18.7 Å². The third-order valence-corrected chi connectivity index (χ3v) is 3.69. The van der Waals surface area contributed by atoms with Crippen LogP contribution in [-0.4, -0.2) is 16.6 Å². The molecule has 0 saturated carbocycles. The summed E-state index contributed by atoms with van der Waals surface area (Å²) in [5.41, 5.74) is 8.00. The van der Waals surface area contributed by atoms with Crippen LogP contribution in [0.1, 0.15) is 13.8 Å². The van der Waals surface area contributed by atoms with E-state index in [1.54, 1.807) is 12.4 Å². The average Bonchev–Trinajstić information content (AvgIpc) is 2.27. The average molecular weight is 240 g/mol. The van der Waals surface area contributed by atoms with Crippen LogP contribution in [0.4, 0.5) is 5.69 Å². The number of anilines is 1. The highest BCUT2D eigenvalue weighted by atomic mass is 32.2. The molecule has 0 aliphatic carbocycles. The van der Waals surface area contributed by atoms with Gasteiger partial charge in [0.15, 0.2) is 0 Å². The lowest BCUT2D eigenvalue weighted by Crippen LogP contribution is -2.42. The van der Waals surface area contributed by atoms with Crippen molar-refractivity contribution in [3.63, 3.8) is 0 Å². The quantitative estimate of drug-likeness (QED) is 0.313. The molecule has 5 N–H and O–H groups in total. The van der Waals surface area contributed by atoms with E-state index in [1.807, 2.05) is 19.9 Å². The Morgan fingerprint density at radius 2 is 2.31 bits per heavy atom. The molecule has 1 aromatic rings. The minimum atomic E-state index is -0.533. The summed E-state index contributed by atoms with van der Waals surface area (Å²) in [7, 11) is 0. The largest absolute Gasteiger partial charge is 0.397 e. The summed E-state index contributed by atoms with van der Waals surface area (Å²) < 4.78 is 0. The third-order valence-electron chi connectivity index (χ3n) is 2.14. The summed E-state index contributed by atoms with van der Waals surface area (Å²) in [6.45, 7) is 3.67. The van der Waals surface area contributed by atoms with E-state index in [-0.39, 0.29) is 5.91 Å². The van der Waals surface area contributed by atoms with E-state index in [4.69, 9.17) is 11.6 Å². The molecule has 0 saturated heterocycles. The van der Waals surface area contributed by atoms with Crippen molar-refractivity contribution < 1.29 is 4.79 Å². The Kier molecular flexibility index (Phi) is 4.14. The number of hydrogen-bond donors (Lipinski definition) is 3. The molecule has 6 heteroatoms. The van der Waals surface area contributed by atoms with Gasteiger partial charge in [0.2, 0.25) is 5.91 Å². The van der Waals surface area contributed by atoms with E-state index in [9.17, 15) is 4.79 Å². The van der Waals surface area contributed by atoms with Crippen LogP contribution < -0.4 is 17.0 Å². The van der Waals surface area contributed by atoms with Crippen LogP contribution in [0.15, 0.2) is 23.4 Å². The second-order valence-electron chi connectivity index (χ2n) is 4.06. The van der Waals surface area contributed by atoms with Gasteiger partial charge in [-0.25, -0.2) is 5.84 Å². The van der Waals surface area contributed by atoms with Gasteiger partial charge in [0.05, 0.1) is 17.3 Å². The zero-order valence-corrected chi connectivity index (χ0v) is 10.2. The van der Waals surface area contributed by atoms with Gasteiger partial charge in [0.25, 0.3) is 0 Å². The van der Waals surface area contributed by atoms with E-state index in [2.05, 4.69) is 10.4 Å². The molecule has 1 rings (SSSR count). The topological polar surface area (TPSA) is 94.0 Å². The third kappa shape index (κ3) is 3.11. The van der Waals surface area contributed by atoms with Gasteiger partial charge in [-0.3, -0.25) is 15.2 Å². The number of thioether (sulfide) groups is 1. The van der Waals surface area contributed by atoms with Crippen LogP contribution in [0.5, 0.6) is 0 Å². The molecular weight excluding hydrogens is 224 g/mol. The first-order chi connectivity index (χ1) is 7.47. The van der Waals surface area contributed by atoms with Crippen molar-refractivity contribution in [1.82, 2.24) is 10.4 Å². The predicted molar refractivity (Wildman–Crippen MR) is 65.5 cm³/mol.